The van der Waals surface area contributed by atoms with E-state index in [1.807, 2.05) is 22.6 Å². The molecule has 1 saturated heterocycles. The Morgan fingerprint density at radius 1 is 1.16 bits per heavy atom. The Morgan fingerprint density at radius 2 is 1.84 bits per heavy atom. The van der Waals surface area contributed by atoms with Gasteiger partial charge in [0.1, 0.15) is 18.0 Å². The number of nitrogens with zero attached hydrogens (tertiary/aromatic N) is 1. The Morgan fingerprint density at radius 3 is 2.46 bits per heavy atom. The predicted molar refractivity (Wildman–Crippen MR) is 145 cm³/mol. The van der Waals surface area contributed by atoms with Gasteiger partial charge in [-0.15, -0.1) is 0 Å². The Bertz CT molecular complexity index is 1260. The van der Waals surface area contributed by atoms with Gasteiger partial charge in [-0.3, -0.25) is 24.1 Å². The molecule has 1 heterocycles. The summed E-state index contributed by atoms with van der Waals surface area (Å²) in [6.45, 7) is 4.27. The molecule has 9 nitrogen and oxygen atoms in total. The third kappa shape index (κ3) is 7.92. The number of thioether (sulfide) groups is 1. The number of anilines is 1. The van der Waals surface area contributed by atoms with Crippen LogP contribution in [0.3, 0.4) is 0 Å². The molecule has 1 aliphatic heterocycles. The number of benzene rings is 2. The summed E-state index contributed by atoms with van der Waals surface area (Å²) >= 11 is 2.72. The van der Waals surface area contributed by atoms with E-state index in [0.29, 0.717) is 38.1 Å². The van der Waals surface area contributed by atoms with Gasteiger partial charge in [-0.25, -0.2) is 4.39 Å². The van der Waals surface area contributed by atoms with Crippen LogP contribution in [0.4, 0.5) is 14.9 Å². The molecule has 3 rings (SSSR count). The van der Waals surface area contributed by atoms with Crippen LogP contribution in [0.5, 0.6) is 11.5 Å². The molecule has 1 fully saturated rings. The maximum absolute atomic E-state index is 13.0. The van der Waals surface area contributed by atoms with E-state index in [-0.39, 0.29) is 11.5 Å². The van der Waals surface area contributed by atoms with Crippen LogP contribution in [0.25, 0.3) is 6.08 Å². The lowest BCUT2D eigenvalue weighted by molar-refractivity contribution is -0.156. The molecule has 3 amide bonds. The maximum atomic E-state index is 13.0. The molecule has 196 valence electrons. The lowest BCUT2D eigenvalue weighted by Crippen LogP contribution is -2.37. The highest BCUT2D eigenvalue weighted by atomic mass is 127. The Hall–Kier alpha value is -3.13. The van der Waals surface area contributed by atoms with E-state index in [0.717, 1.165) is 4.90 Å². The predicted octanol–water partition coefficient (Wildman–Crippen LogP) is 4.83. The van der Waals surface area contributed by atoms with Crippen molar-refractivity contribution in [2.45, 2.75) is 26.4 Å². The third-order valence-electron chi connectivity index (χ3n) is 4.61. The number of carbonyl (C=O) groups is 4. The van der Waals surface area contributed by atoms with Crippen molar-refractivity contribution in [3.8, 4) is 11.5 Å². The van der Waals surface area contributed by atoms with Gasteiger partial charge in [-0.05, 0) is 103 Å². The number of esters is 1. The highest BCUT2D eigenvalue weighted by molar-refractivity contribution is 14.1. The van der Waals surface area contributed by atoms with E-state index in [1.165, 1.54) is 37.5 Å². The monoisotopic (exact) mass is 642 g/mol. The summed E-state index contributed by atoms with van der Waals surface area (Å²) < 4.78 is 29.9. The number of hydrogen-bond acceptors (Lipinski definition) is 8. The number of amides is 3. The van der Waals surface area contributed by atoms with Gasteiger partial charge < -0.3 is 19.5 Å². The van der Waals surface area contributed by atoms with Gasteiger partial charge in [0.15, 0.2) is 18.1 Å². The Balaban J connectivity index is 1.70. The van der Waals surface area contributed by atoms with E-state index in [4.69, 9.17) is 14.2 Å². The quantitative estimate of drug-likeness (QED) is 0.248. The summed E-state index contributed by atoms with van der Waals surface area (Å²) in [5.41, 5.74) is 0.229. The first-order valence-corrected chi connectivity index (χ1v) is 12.8. The number of ether oxygens (including phenoxy) is 3. The van der Waals surface area contributed by atoms with Crippen LogP contribution in [0.15, 0.2) is 41.3 Å². The highest BCUT2D eigenvalue weighted by Gasteiger charge is 2.37. The molecule has 2 aromatic carbocycles. The van der Waals surface area contributed by atoms with Crippen LogP contribution in [0.2, 0.25) is 0 Å². The summed E-state index contributed by atoms with van der Waals surface area (Å²) in [5, 5.41) is 2.03. The fraction of sp³-hybridized carbons (Fsp3) is 0.280. The number of nitrogens with one attached hydrogen (secondary N) is 1. The number of imide groups is 1. The topological polar surface area (TPSA) is 111 Å². The second-order valence-corrected chi connectivity index (χ2v) is 10.9. The molecular weight excluding hydrogens is 618 g/mol. The van der Waals surface area contributed by atoms with Crippen molar-refractivity contribution < 1.29 is 37.8 Å². The zero-order valence-corrected chi connectivity index (χ0v) is 23.4. The van der Waals surface area contributed by atoms with Gasteiger partial charge in [-0.2, -0.15) is 0 Å². The highest BCUT2D eigenvalue weighted by Crippen LogP contribution is 2.37. The van der Waals surface area contributed by atoms with E-state index in [2.05, 4.69) is 5.32 Å². The van der Waals surface area contributed by atoms with Gasteiger partial charge in [0.25, 0.3) is 17.1 Å². The average molecular weight is 642 g/mol. The summed E-state index contributed by atoms with van der Waals surface area (Å²) in [5.74, 6) is -1.54. The lowest BCUT2D eigenvalue weighted by Gasteiger charge is -2.21. The fourth-order valence-electron chi connectivity index (χ4n) is 3.12. The van der Waals surface area contributed by atoms with Gasteiger partial charge in [-0.1, -0.05) is 0 Å². The first-order chi connectivity index (χ1) is 17.4. The molecule has 0 saturated carbocycles. The smallest absolute Gasteiger partial charge is 0.326 e. The molecule has 0 unspecified atom stereocenters. The maximum Gasteiger partial charge on any atom is 0.326 e. The average Bonchev–Trinajstić information content (AvgIpc) is 3.05. The SMILES string of the molecule is COc1cc(C=C2SC(=O)N(CC(=O)OC(C)(C)C)C2=O)cc(I)c1OCC(=O)Nc1ccc(F)cc1. The minimum atomic E-state index is -0.743. The van der Waals surface area contributed by atoms with Gasteiger partial charge in [0, 0.05) is 5.69 Å². The fourth-order valence-corrected chi connectivity index (χ4v) is 4.74. The van der Waals surface area contributed by atoms with Crippen molar-refractivity contribution in [1.82, 2.24) is 4.90 Å². The van der Waals surface area contributed by atoms with Crippen LogP contribution in [-0.2, 0) is 19.1 Å². The third-order valence-corrected chi connectivity index (χ3v) is 6.31. The molecule has 0 bridgehead atoms. The second kappa shape index (κ2) is 11.9. The van der Waals surface area contributed by atoms with E-state index in [9.17, 15) is 23.6 Å². The van der Waals surface area contributed by atoms with E-state index >= 15 is 0 Å². The van der Waals surface area contributed by atoms with Crippen molar-refractivity contribution in [3.05, 3.63) is 56.3 Å². The second-order valence-electron chi connectivity index (χ2n) is 8.73. The Kier molecular flexibility index (Phi) is 9.18. The number of rotatable bonds is 8. The van der Waals surface area contributed by atoms with Crippen LogP contribution in [0.1, 0.15) is 26.3 Å². The van der Waals surface area contributed by atoms with Crippen LogP contribution >= 0.6 is 34.4 Å². The summed E-state index contributed by atoms with van der Waals surface area (Å²) in [4.78, 5) is 50.4. The van der Waals surface area contributed by atoms with Crippen molar-refractivity contribution in [3.63, 3.8) is 0 Å². The molecule has 0 aromatic heterocycles. The van der Waals surface area contributed by atoms with Crippen LogP contribution in [-0.4, -0.2) is 53.8 Å². The van der Waals surface area contributed by atoms with Crippen molar-refractivity contribution >= 4 is 69.1 Å². The van der Waals surface area contributed by atoms with Crippen molar-refractivity contribution in [2.75, 3.05) is 25.6 Å². The van der Waals surface area contributed by atoms with E-state index in [1.54, 1.807) is 32.9 Å². The van der Waals surface area contributed by atoms with Gasteiger partial charge >= 0.3 is 5.97 Å². The number of carbonyl (C=O) groups excluding carboxylic acids is 4. The Labute approximate surface area is 230 Å². The lowest BCUT2D eigenvalue weighted by atomic mass is 10.2. The summed E-state index contributed by atoms with van der Waals surface area (Å²) in [6.07, 6.45) is 1.51. The molecule has 12 heteroatoms. The molecule has 0 radical (unpaired) electrons. The first-order valence-electron chi connectivity index (χ1n) is 10.9. The van der Waals surface area contributed by atoms with Gasteiger partial charge in [0.2, 0.25) is 0 Å². The first kappa shape index (κ1) is 28.4. The molecule has 2 aromatic rings. The van der Waals surface area contributed by atoms with Gasteiger partial charge in [0.05, 0.1) is 15.6 Å². The normalized spacial score (nSPS) is 14.6. The molecule has 37 heavy (non-hydrogen) atoms. The van der Waals surface area contributed by atoms with E-state index < -0.39 is 41.0 Å². The summed E-state index contributed by atoms with van der Waals surface area (Å²) in [6, 6.07) is 8.61. The molecule has 0 aliphatic carbocycles. The van der Waals surface area contributed by atoms with Crippen LogP contribution < -0.4 is 14.8 Å². The number of hydrogen-bond donors (Lipinski definition) is 1. The van der Waals surface area contributed by atoms with Crippen molar-refractivity contribution in [1.29, 1.82) is 0 Å². The van der Waals surface area contributed by atoms with Crippen LogP contribution in [0, 0.1) is 9.39 Å². The zero-order valence-electron chi connectivity index (χ0n) is 20.4. The molecule has 1 aliphatic rings. The molecular formula is C25H24FIN2O7S. The zero-order chi connectivity index (χ0) is 27.3. The minimum absolute atomic E-state index is 0.138. The molecule has 0 atom stereocenters. The minimum Gasteiger partial charge on any atom is -0.493 e. The number of halogens is 2. The molecule has 0 spiro atoms. The molecule has 1 N–H and O–H groups in total. The summed E-state index contributed by atoms with van der Waals surface area (Å²) in [7, 11) is 1.43. The standard InChI is InChI=1S/C25H24FIN2O7S/c1-25(2,3)36-21(31)12-29-23(32)19(37-24(29)33)11-14-9-17(27)22(18(10-14)34-4)35-13-20(30)28-16-7-5-15(26)6-8-16/h5-11H,12-13H2,1-4H3,(H,28,30). The largest absolute Gasteiger partial charge is 0.493 e. The number of methoxy groups -OCH3 is 1. The van der Waals surface area contributed by atoms with Crippen molar-refractivity contribution in [2.24, 2.45) is 0 Å².